The zero-order valence-electron chi connectivity index (χ0n) is 16.8. The molecule has 3 amide bonds. The summed E-state index contributed by atoms with van der Waals surface area (Å²) >= 11 is 1.45. The number of carbonyl (C=O) groups excluding carboxylic acids is 3. The number of nitrogens with one attached hydrogen (secondary N) is 3. The molecule has 0 rings (SSSR count). The molecule has 0 aromatic heterocycles. The topological polar surface area (TPSA) is 188 Å². The summed E-state index contributed by atoms with van der Waals surface area (Å²) in [5.41, 5.74) is 5.54. The standard InChI is InChI=1S/C17H30N4O7S/c1-9(2)14(16(26)20-11(17(27)28)6-7-29-3)21-12(22)8-19-15(25)10(18)4-5-13(23)24/h9-11,14H,4-8,18H2,1-3H3,(H,19,25)(H,20,26)(H,21,22)(H,23,24)(H,27,28). The minimum Gasteiger partial charge on any atom is -0.481 e. The molecule has 0 aliphatic rings. The van der Waals surface area contributed by atoms with Gasteiger partial charge in [-0.25, -0.2) is 4.79 Å². The summed E-state index contributed by atoms with van der Waals surface area (Å²) in [6.07, 6.45) is 1.70. The lowest BCUT2D eigenvalue weighted by Crippen LogP contribution is -2.55. The van der Waals surface area contributed by atoms with Gasteiger partial charge in [-0.05, 0) is 30.8 Å². The summed E-state index contributed by atoms with van der Waals surface area (Å²) in [6.45, 7) is 2.91. The van der Waals surface area contributed by atoms with Gasteiger partial charge in [-0.2, -0.15) is 11.8 Å². The van der Waals surface area contributed by atoms with Crippen LogP contribution in [0.2, 0.25) is 0 Å². The summed E-state index contributed by atoms with van der Waals surface area (Å²) in [6, 6.07) is -3.13. The van der Waals surface area contributed by atoms with Gasteiger partial charge < -0.3 is 31.9 Å². The first-order valence-electron chi connectivity index (χ1n) is 9.06. The van der Waals surface area contributed by atoms with E-state index >= 15 is 0 Å². The van der Waals surface area contributed by atoms with Crippen LogP contribution in [-0.2, 0) is 24.0 Å². The van der Waals surface area contributed by atoms with Crippen LogP contribution in [0.3, 0.4) is 0 Å². The third-order valence-corrected chi connectivity index (χ3v) is 4.56. The van der Waals surface area contributed by atoms with E-state index in [-0.39, 0.29) is 25.2 Å². The summed E-state index contributed by atoms with van der Waals surface area (Å²) in [4.78, 5) is 58.1. The maximum Gasteiger partial charge on any atom is 0.326 e. The molecule has 7 N–H and O–H groups in total. The van der Waals surface area contributed by atoms with Crippen LogP contribution in [0.15, 0.2) is 0 Å². The smallest absolute Gasteiger partial charge is 0.326 e. The third kappa shape index (κ3) is 11.3. The molecule has 0 fully saturated rings. The van der Waals surface area contributed by atoms with E-state index < -0.39 is 54.3 Å². The van der Waals surface area contributed by atoms with Gasteiger partial charge in [0.05, 0.1) is 12.6 Å². The van der Waals surface area contributed by atoms with E-state index in [1.165, 1.54) is 11.8 Å². The Kier molecular flexibility index (Phi) is 12.7. The van der Waals surface area contributed by atoms with Gasteiger partial charge in [0.25, 0.3) is 0 Å². The van der Waals surface area contributed by atoms with Gasteiger partial charge in [0.15, 0.2) is 0 Å². The summed E-state index contributed by atoms with van der Waals surface area (Å²) in [5, 5.41) is 25.0. The number of carbonyl (C=O) groups is 5. The van der Waals surface area contributed by atoms with Crippen LogP contribution in [0, 0.1) is 5.92 Å². The molecule has 0 aliphatic carbocycles. The van der Waals surface area contributed by atoms with E-state index in [0.717, 1.165) is 0 Å². The second kappa shape index (κ2) is 13.8. The van der Waals surface area contributed by atoms with Crippen LogP contribution in [-0.4, -0.2) is 76.6 Å². The monoisotopic (exact) mass is 434 g/mol. The fraction of sp³-hybridized carbons (Fsp3) is 0.706. The van der Waals surface area contributed by atoms with Gasteiger partial charge in [-0.1, -0.05) is 13.8 Å². The van der Waals surface area contributed by atoms with Gasteiger partial charge >= 0.3 is 11.9 Å². The first kappa shape index (κ1) is 26.7. The summed E-state index contributed by atoms with van der Waals surface area (Å²) < 4.78 is 0. The molecule has 12 heteroatoms. The van der Waals surface area contributed by atoms with Crippen molar-refractivity contribution in [1.29, 1.82) is 0 Å². The first-order chi connectivity index (χ1) is 13.5. The Morgan fingerprint density at radius 3 is 2.10 bits per heavy atom. The average molecular weight is 435 g/mol. The molecule has 0 bridgehead atoms. The molecule has 0 saturated heterocycles. The second-order valence-corrected chi connectivity index (χ2v) is 7.71. The highest BCUT2D eigenvalue weighted by molar-refractivity contribution is 7.98. The number of hydrogen-bond donors (Lipinski definition) is 6. The van der Waals surface area contributed by atoms with Gasteiger partial charge in [-0.15, -0.1) is 0 Å². The van der Waals surface area contributed by atoms with E-state index in [1.807, 2.05) is 6.26 Å². The number of aliphatic carboxylic acids is 2. The van der Waals surface area contributed by atoms with Crippen molar-refractivity contribution >= 4 is 41.4 Å². The van der Waals surface area contributed by atoms with Crippen LogP contribution < -0.4 is 21.7 Å². The van der Waals surface area contributed by atoms with Crippen LogP contribution in [0.4, 0.5) is 0 Å². The largest absolute Gasteiger partial charge is 0.481 e. The van der Waals surface area contributed by atoms with Crippen LogP contribution in [0.25, 0.3) is 0 Å². The highest BCUT2D eigenvalue weighted by Crippen LogP contribution is 2.05. The average Bonchev–Trinajstić information content (AvgIpc) is 2.64. The van der Waals surface area contributed by atoms with Gasteiger partial charge in [0.1, 0.15) is 12.1 Å². The lowest BCUT2D eigenvalue weighted by molar-refractivity contribution is -0.142. The quantitative estimate of drug-likeness (QED) is 0.194. The lowest BCUT2D eigenvalue weighted by Gasteiger charge is -2.24. The molecule has 3 atom stereocenters. The van der Waals surface area contributed by atoms with Crippen molar-refractivity contribution in [3.05, 3.63) is 0 Å². The predicted octanol–water partition coefficient (Wildman–Crippen LogP) is -1.24. The Morgan fingerprint density at radius 2 is 1.62 bits per heavy atom. The lowest BCUT2D eigenvalue weighted by atomic mass is 10.0. The molecule has 0 saturated carbocycles. The Bertz CT molecular complexity index is 600. The minimum atomic E-state index is -1.16. The number of nitrogens with two attached hydrogens (primary N) is 1. The Morgan fingerprint density at radius 1 is 1.00 bits per heavy atom. The van der Waals surface area contributed by atoms with E-state index in [2.05, 4.69) is 16.0 Å². The van der Waals surface area contributed by atoms with Crippen molar-refractivity contribution in [2.24, 2.45) is 11.7 Å². The van der Waals surface area contributed by atoms with Crippen molar-refractivity contribution in [2.45, 2.75) is 51.2 Å². The number of thioether (sulfide) groups is 1. The van der Waals surface area contributed by atoms with Crippen LogP contribution in [0.1, 0.15) is 33.1 Å². The predicted molar refractivity (Wildman–Crippen MR) is 107 cm³/mol. The van der Waals surface area contributed by atoms with Gasteiger partial charge in [-0.3, -0.25) is 19.2 Å². The van der Waals surface area contributed by atoms with Crippen molar-refractivity contribution in [1.82, 2.24) is 16.0 Å². The first-order valence-corrected chi connectivity index (χ1v) is 10.5. The highest BCUT2D eigenvalue weighted by atomic mass is 32.2. The SMILES string of the molecule is CSCCC(NC(=O)C(NC(=O)CNC(=O)C(N)CCC(=O)O)C(C)C)C(=O)O. The van der Waals surface area contributed by atoms with Crippen molar-refractivity contribution in [3.8, 4) is 0 Å². The fourth-order valence-corrected chi connectivity index (χ4v) is 2.69. The van der Waals surface area contributed by atoms with E-state index in [1.54, 1.807) is 13.8 Å². The number of amides is 3. The molecule has 3 unspecified atom stereocenters. The van der Waals surface area contributed by atoms with E-state index in [9.17, 15) is 29.1 Å². The minimum absolute atomic E-state index is 0.0770. The van der Waals surface area contributed by atoms with Gasteiger partial charge in [0, 0.05) is 6.42 Å². The van der Waals surface area contributed by atoms with Crippen molar-refractivity contribution in [3.63, 3.8) is 0 Å². The molecule has 166 valence electrons. The molecule has 0 aliphatic heterocycles. The van der Waals surface area contributed by atoms with Crippen LogP contribution >= 0.6 is 11.8 Å². The Balaban J connectivity index is 4.71. The van der Waals surface area contributed by atoms with Crippen molar-refractivity contribution < 1.29 is 34.2 Å². The molecule has 11 nitrogen and oxygen atoms in total. The Hall–Kier alpha value is -2.34. The zero-order chi connectivity index (χ0) is 22.6. The highest BCUT2D eigenvalue weighted by Gasteiger charge is 2.28. The fourth-order valence-electron chi connectivity index (χ4n) is 2.22. The molecule has 0 radical (unpaired) electrons. The molecule has 29 heavy (non-hydrogen) atoms. The molecule has 0 spiro atoms. The molecular formula is C17H30N4O7S. The summed E-state index contributed by atoms with van der Waals surface area (Å²) in [5.74, 6) is -4.01. The zero-order valence-corrected chi connectivity index (χ0v) is 17.6. The van der Waals surface area contributed by atoms with E-state index in [4.69, 9.17) is 10.8 Å². The maximum atomic E-state index is 12.4. The van der Waals surface area contributed by atoms with Crippen molar-refractivity contribution in [2.75, 3.05) is 18.6 Å². The molecular weight excluding hydrogens is 404 g/mol. The van der Waals surface area contributed by atoms with Crippen LogP contribution in [0.5, 0.6) is 0 Å². The van der Waals surface area contributed by atoms with E-state index in [0.29, 0.717) is 5.75 Å². The Labute approximate surface area is 173 Å². The summed E-state index contributed by atoms with van der Waals surface area (Å²) in [7, 11) is 0. The molecule has 0 heterocycles. The van der Waals surface area contributed by atoms with Gasteiger partial charge in [0.2, 0.25) is 17.7 Å². The molecule has 0 aromatic carbocycles. The number of hydrogen-bond acceptors (Lipinski definition) is 7. The number of carboxylic acids is 2. The number of rotatable bonds is 14. The second-order valence-electron chi connectivity index (χ2n) is 6.73. The molecule has 0 aromatic rings. The number of carboxylic acid groups (broad SMARTS) is 2. The normalized spacial score (nSPS) is 13.8. The third-order valence-electron chi connectivity index (χ3n) is 3.92. The maximum absolute atomic E-state index is 12.4.